The summed E-state index contributed by atoms with van der Waals surface area (Å²) in [7, 11) is 0. The Bertz CT molecular complexity index is 574. The van der Waals surface area contributed by atoms with Gasteiger partial charge in [0.05, 0.1) is 6.54 Å². The molecule has 0 aromatic carbocycles. The Balaban J connectivity index is 0.000000351. The van der Waals surface area contributed by atoms with E-state index in [0.717, 1.165) is 26.1 Å². The van der Waals surface area contributed by atoms with Gasteiger partial charge >= 0.3 is 12.1 Å². The minimum absolute atomic E-state index is 0.196. The standard InChI is InChI=1S/C12H17N3OS.C2HF3O2/c1-10(16)17-12-3-6-13-9-11(12)4-8-15-7-2-5-14-15;3-2(4,5)1(6)7/h2,4-5,7,12-13H,3,6,8-9H2,1H3;(H,6,7). The maximum atomic E-state index is 11.2. The molecule has 1 atom stereocenters. The number of piperidine rings is 1. The van der Waals surface area contributed by atoms with Crippen molar-refractivity contribution >= 4 is 22.8 Å². The average Bonchev–Trinajstić information content (AvgIpc) is 2.99. The van der Waals surface area contributed by atoms with Crippen molar-refractivity contribution in [3.63, 3.8) is 0 Å². The Morgan fingerprint density at radius 2 is 2.21 bits per heavy atom. The number of carbonyl (C=O) groups is 2. The lowest BCUT2D eigenvalue weighted by atomic mass is 10.1. The Morgan fingerprint density at radius 1 is 1.54 bits per heavy atom. The van der Waals surface area contributed by atoms with Crippen LogP contribution < -0.4 is 5.32 Å². The van der Waals surface area contributed by atoms with Crippen LogP contribution in [0.4, 0.5) is 13.2 Å². The Kier molecular flexibility index (Phi) is 7.99. The first-order chi connectivity index (χ1) is 11.2. The molecule has 24 heavy (non-hydrogen) atoms. The second kappa shape index (κ2) is 9.48. The van der Waals surface area contributed by atoms with Gasteiger partial charge in [-0.3, -0.25) is 9.48 Å². The van der Waals surface area contributed by atoms with Crippen LogP contribution in [0.2, 0.25) is 0 Å². The summed E-state index contributed by atoms with van der Waals surface area (Å²) in [6, 6.07) is 1.92. The van der Waals surface area contributed by atoms with Gasteiger partial charge in [-0.25, -0.2) is 4.79 Å². The van der Waals surface area contributed by atoms with E-state index < -0.39 is 12.1 Å². The molecule has 1 unspecified atom stereocenters. The number of aromatic nitrogens is 2. The van der Waals surface area contributed by atoms with E-state index in [1.807, 2.05) is 16.9 Å². The van der Waals surface area contributed by atoms with Gasteiger partial charge < -0.3 is 10.4 Å². The number of hydrogen-bond acceptors (Lipinski definition) is 5. The van der Waals surface area contributed by atoms with Gasteiger partial charge in [-0.2, -0.15) is 18.3 Å². The van der Waals surface area contributed by atoms with Crippen LogP contribution in [0.1, 0.15) is 13.3 Å². The molecule has 1 aromatic heterocycles. The van der Waals surface area contributed by atoms with Crippen LogP contribution in [0.25, 0.3) is 0 Å². The van der Waals surface area contributed by atoms with E-state index in [0.29, 0.717) is 5.25 Å². The van der Waals surface area contributed by atoms with E-state index >= 15 is 0 Å². The minimum atomic E-state index is -5.08. The molecule has 2 rings (SSSR count). The summed E-state index contributed by atoms with van der Waals surface area (Å²) in [5.74, 6) is -2.76. The van der Waals surface area contributed by atoms with E-state index in [1.54, 1.807) is 13.1 Å². The molecule has 1 aliphatic heterocycles. The highest BCUT2D eigenvalue weighted by atomic mass is 32.2. The molecule has 0 saturated carbocycles. The van der Waals surface area contributed by atoms with E-state index in [2.05, 4.69) is 16.5 Å². The molecule has 2 N–H and O–H groups in total. The van der Waals surface area contributed by atoms with E-state index in [-0.39, 0.29) is 5.12 Å². The van der Waals surface area contributed by atoms with Gasteiger partial charge in [-0.15, -0.1) is 0 Å². The second-order valence-corrected chi connectivity index (χ2v) is 6.25. The van der Waals surface area contributed by atoms with Crippen molar-refractivity contribution in [2.24, 2.45) is 0 Å². The normalized spacial score (nSPS) is 19.5. The predicted molar refractivity (Wildman–Crippen MR) is 83.5 cm³/mol. The van der Waals surface area contributed by atoms with Crippen molar-refractivity contribution in [2.75, 3.05) is 13.1 Å². The molecule has 1 saturated heterocycles. The van der Waals surface area contributed by atoms with Gasteiger partial charge in [0, 0.05) is 31.1 Å². The summed E-state index contributed by atoms with van der Waals surface area (Å²) in [4.78, 5) is 20.1. The number of halogens is 3. The Labute approximate surface area is 141 Å². The average molecular weight is 365 g/mol. The smallest absolute Gasteiger partial charge is 0.475 e. The number of nitrogens with zero attached hydrogens (tertiary/aromatic N) is 2. The van der Waals surface area contributed by atoms with Crippen molar-refractivity contribution in [3.05, 3.63) is 30.1 Å². The van der Waals surface area contributed by atoms with Crippen LogP contribution in [0.5, 0.6) is 0 Å². The molecule has 0 aliphatic carbocycles. The number of thioether (sulfide) groups is 1. The quantitative estimate of drug-likeness (QED) is 0.798. The van der Waals surface area contributed by atoms with Gasteiger partial charge in [0.15, 0.2) is 5.12 Å². The number of carboxylic acid groups (broad SMARTS) is 1. The molecule has 1 aromatic rings. The van der Waals surface area contributed by atoms with Crippen LogP contribution in [-0.4, -0.2) is 50.5 Å². The molecule has 1 aliphatic rings. The summed E-state index contributed by atoms with van der Waals surface area (Å²) in [6.45, 7) is 4.28. The monoisotopic (exact) mass is 365 g/mol. The number of alkyl halides is 3. The molecule has 10 heteroatoms. The van der Waals surface area contributed by atoms with Crippen molar-refractivity contribution in [3.8, 4) is 0 Å². The number of carbonyl (C=O) groups excluding carboxylic acids is 1. The van der Waals surface area contributed by atoms with E-state index in [4.69, 9.17) is 9.90 Å². The lowest BCUT2D eigenvalue weighted by molar-refractivity contribution is -0.192. The molecule has 134 valence electrons. The lowest BCUT2D eigenvalue weighted by Crippen LogP contribution is -2.32. The van der Waals surface area contributed by atoms with Gasteiger partial charge in [-0.05, 0) is 24.6 Å². The minimum Gasteiger partial charge on any atom is -0.475 e. The number of allylic oxidation sites excluding steroid dienone is 1. The first-order valence-electron chi connectivity index (χ1n) is 7.04. The number of hydrogen-bond donors (Lipinski definition) is 2. The van der Waals surface area contributed by atoms with Gasteiger partial charge in [0.25, 0.3) is 0 Å². The van der Waals surface area contributed by atoms with Gasteiger partial charge in [-0.1, -0.05) is 17.8 Å². The molecular weight excluding hydrogens is 347 g/mol. The van der Waals surface area contributed by atoms with Crippen LogP contribution >= 0.6 is 11.8 Å². The first-order valence-corrected chi connectivity index (χ1v) is 7.92. The van der Waals surface area contributed by atoms with Crippen LogP contribution in [-0.2, 0) is 16.1 Å². The molecule has 6 nitrogen and oxygen atoms in total. The highest BCUT2D eigenvalue weighted by Gasteiger charge is 2.38. The summed E-state index contributed by atoms with van der Waals surface area (Å²) in [5.41, 5.74) is 1.31. The molecule has 0 radical (unpaired) electrons. The van der Waals surface area contributed by atoms with E-state index in [9.17, 15) is 18.0 Å². The fourth-order valence-corrected chi connectivity index (χ4v) is 2.89. The number of aliphatic carboxylic acids is 1. The number of carboxylic acids is 1. The summed E-state index contributed by atoms with van der Waals surface area (Å²) < 4.78 is 33.6. The SMILES string of the molecule is CC(=O)SC1CCNCC1=CCn1cccn1.O=C(O)C(F)(F)F. The highest BCUT2D eigenvalue weighted by molar-refractivity contribution is 8.14. The number of nitrogens with one attached hydrogen (secondary N) is 1. The summed E-state index contributed by atoms with van der Waals surface area (Å²) >= 11 is 1.44. The van der Waals surface area contributed by atoms with Crippen molar-refractivity contribution < 1.29 is 27.9 Å². The highest BCUT2D eigenvalue weighted by Crippen LogP contribution is 2.25. The lowest BCUT2D eigenvalue weighted by Gasteiger charge is -2.25. The molecular formula is C14H18F3N3O3S. The van der Waals surface area contributed by atoms with Gasteiger partial charge in [0.2, 0.25) is 0 Å². The predicted octanol–water partition coefficient (Wildman–Crippen LogP) is 2.08. The first kappa shape index (κ1) is 20.2. The summed E-state index contributed by atoms with van der Waals surface area (Å²) in [6.07, 6.45) is 1.84. The third kappa shape index (κ3) is 7.64. The Hall–Kier alpha value is -1.81. The second-order valence-electron chi connectivity index (χ2n) is 4.87. The maximum Gasteiger partial charge on any atom is 0.490 e. The largest absolute Gasteiger partial charge is 0.490 e. The van der Waals surface area contributed by atoms with Crippen molar-refractivity contribution in [2.45, 2.75) is 31.3 Å². The zero-order valence-corrected chi connectivity index (χ0v) is 13.7. The fourth-order valence-electron chi connectivity index (χ4n) is 1.92. The Morgan fingerprint density at radius 3 is 2.71 bits per heavy atom. The van der Waals surface area contributed by atoms with Crippen LogP contribution in [0.3, 0.4) is 0 Å². The fraction of sp³-hybridized carbons (Fsp3) is 0.500. The van der Waals surface area contributed by atoms with E-state index in [1.165, 1.54) is 17.3 Å². The summed E-state index contributed by atoms with van der Waals surface area (Å²) in [5, 5.41) is 15.2. The number of rotatable bonds is 3. The maximum absolute atomic E-state index is 11.2. The molecule has 0 bridgehead atoms. The third-order valence-corrected chi connectivity index (χ3v) is 4.13. The van der Waals surface area contributed by atoms with Crippen LogP contribution in [0, 0.1) is 0 Å². The third-order valence-electron chi connectivity index (χ3n) is 2.98. The van der Waals surface area contributed by atoms with Crippen LogP contribution in [0.15, 0.2) is 30.1 Å². The topological polar surface area (TPSA) is 84.2 Å². The molecule has 2 heterocycles. The molecule has 0 amide bonds. The zero-order chi connectivity index (χ0) is 18.2. The zero-order valence-electron chi connectivity index (χ0n) is 12.9. The van der Waals surface area contributed by atoms with Crippen molar-refractivity contribution in [1.82, 2.24) is 15.1 Å². The molecule has 0 spiro atoms. The van der Waals surface area contributed by atoms with Crippen molar-refractivity contribution in [1.29, 1.82) is 0 Å². The van der Waals surface area contributed by atoms with Gasteiger partial charge in [0.1, 0.15) is 0 Å². The molecule has 1 fully saturated rings.